The first-order chi connectivity index (χ1) is 10.2. The van der Waals surface area contributed by atoms with Crippen molar-refractivity contribution in [3.05, 3.63) is 35.4 Å². The Hall–Kier alpha value is -1.52. The number of carbonyl (C=O) groups excluding carboxylic acids is 1. The van der Waals surface area contributed by atoms with Crippen LogP contribution < -0.4 is 10.5 Å². The average molecular weight is 323 g/mol. The Bertz CT molecular complexity index is 572. The molecular weight excluding hydrogens is 300 g/mol. The SMILES string of the molecule is CC(N)C1CCCCN1C(=O)C1=Cc2ccccc2OC1.Cl. The number of hydrogen-bond acceptors (Lipinski definition) is 3. The predicted octanol–water partition coefficient (Wildman–Crippen LogP) is 2.61. The lowest BCUT2D eigenvalue weighted by atomic mass is 9.95. The van der Waals surface area contributed by atoms with Crippen LogP contribution in [0.3, 0.4) is 0 Å². The van der Waals surface area contributed by atoms with E-state index in [9.17, 15) is 4.79 Å². The van der Waals surface area contributed by atoms with Crippen molar-refractivity contribution < 1.29 is 9.53 Å². The lowest BCUT2D eigenvalue weighted by Gasteiger charge is -2.38. The summed E-state index contributed by atoms with van der Waals surface area (Å²) in [5.74, 6) is 0.919. The van der Waals surface area contributed by atoms with Gasteiger partial charge in [0, 0.05) is 24.2 Å². The molecule has 0 spiro atoms. The van der Waals surface area contributed by atoms with Gasteiger partial charge in [-0.15, -0.1) is 12.4 Å². The van der Waals surface area contributed by atoms with E-state index in [-0.39, 0.29) is 30.4 Å². The largest absolute Gasteiger partial charge is 0.488 e. The van der Waals surface area contributed by atoms with Crippen LogP contribution in [-0.2, 0) is 4.79 Å². The number of carbonyl (C=O) groups is 1. The number of nitrogens with zero attached hydrogens (tertiary/aromatic N) is 1. The minimum atomic E-state index is 0. The van der Waals surface area contributed by atoms with Crippen LogP contribution in [0.15, 0.2) is 29.8 Å². The highest BCUT2D eigenvalue weighted by molar-refractivity contribution is 5.99. The number of benzene rings is 1. The van der Waals surface area contributed by atoms with Gasteiger partial charge in [-0.05, 0) is 38.3 Å². The number of hydrogen-bond donors (Lipinski definition) is 1. The quantitative estimate of drug-likeness (QED) is 0.910. The van der Waals surface area contributed by atoms with Gasteiger partial charge < -0.3 is 15.4 Å². The van der Waals surface area contributed by atoms with E-state index in [1.165, 1.54) is 0 Å². The summed E-state index contributed by atoms with van der Waals surface area (Å²) in [5, 5.41) is 0. The van der Waals surface area contributed by atoms with Gasteiger partial charge in [0.25, 0.3) is 5.91 Å². The molecule has 1 amide bonds. The van der Waals surface area contributed by atoms with Crippen LogP contribution in [0.2, 0.25) is 0 Å². The second kappa shape index (κ2) is 7.16. The van der Waals surface area contributed by atoms with E-state index in [0.29, 0.717) is 6.61 Å². The number of rotatable bonds is 2. The molecule has 2 heterocycles. The van der Waals surface area contributed by atoms with E-state index in [1.807, 2.05) is 42.2 Å². The van der Waals surface area contributed by atoms with Crippen molar-refractivity contribution in [2.45, 2.75) is 38.3 Å². The van der Waals surface area contributed by atoms with Gasteiger partial charge in [-0.3, -0.25) is 4.79 Å². The number of nitrogens with two attached hydrogens (primary N) is 1. The zero-order chi connectivity index (χ0) is 14.8. The highest BCUT2D eigenvalue weighted by atomic mass is 35.5. The fraction of sp³-hybridized carbons (Fsp3) is 0.471. The molecule has 2 atom stereocenters. The van der Waals surface area contributed by atoms with Crippen molar-refractivity contribution in [2.75, 3.05) is 13.2 Å². The minimum absolute atomic E-state index is 0. The maximum Gasteiger partial charge on any atom is 0.253 e. The van der Waals surface area contributed by atoms with Gasteiger partial charge in [0.15, 0.2) is 0 Å². The maximum atomic E-state index is 12.8. The minimum Gasteiger partial charge on any atom is -0.488 e. The summed E-state index contributed by atoms with van der Waals surface area (Å²) in [5.41, 5.74) is 7.75. The van der Waals surface area contributed by atoms with Crippen LogP contribution in [-0.4, -0.2) is 36.0 Å². The van der Waals surface area contributed by atoms with Crippen LogP contribution >= 0.6 is 12.4 Å². The summed E-state index contributed by atoms with van der Waals surface area (Å²) in [6, 6.07) is 7.95. The predicted molar refractivity (Wildman–Crippen MR) is 90.2 cm³/mol. The zero-order valence-electron chi connectivity index (χ0n) is 12.8. The van der Waals surface area contributed by atoms with Gasteiger partial charge in [-0.2, -0.15) is 0 Å². The number of para-hydroxylation sites is 1. The molecule has 1 fully saturated rings. The van der Waals surface area contributed by atoms with E-state index in [2.05, 4.69) is 0 Å². The number of likely N-dealkylation sites (tertiary alicyclic amines) is 1. The molecule has 0 aliphatic carbocycles. The number of halogens is 1. The van der Waals surface area contributed by atoms with Gasteiger partial charge in [0.05, 0.1) is 5.57 Å². The molecule has 1 aromatic carbocycles. The standard InChI is InChI=1S/C17H22N2O2.ClH/c1-12(18)15-7-4-5-9-19(15)17(20)14-10-13-6-2-3-8-16(13)21-11-14;/h2-3,6,8,10,12,15H,4-5,7,9,11,18H2,1H3;1H. The molecule has 2 aliphatic heterocycles. The molecule has 4 nitrogen and oxygen atoms in total. The third-order valence-corrected chi connectivity index (χ3v) is 4.32. The van der Waals surface area contributed by atoms with E-state index in [0.717, 1.165) is 42.7 Å². The molecule has 0 saturated carbocycles. The number of amides is 1. The Morgan fingerprint density at radius 1 is 1.36 bits per heavy atom. The maximum absolute atomic E-state index is 12.8. The Labute approximate surface area is 137 Å². The molecule has 3 rings (SSSR count). The van der Waals surface area contributed by atoms with Gasteiger partial charge in [0.1, 0.15) is 12.4 Å². The van der Waals surface area contributed by atoms with Gasteiger partial charge >= 0.3 is 0 Å². The number of piperidine rings is 1. The van der Waals surface area contributed by atoms with Crippen LogP contribution in [0.4, 0.5) is 0 Å². The van der Waals surface area contributed by atoms with Crippen molar-refractivity contribution in [2.24, 2.45) is 5.73 Å². The Morgan fingerprint density at radius 2 is 2.14 bits per heavy atom. The highest BCUT2D eigenvalue weighted by Crippen LogP contribution is 2.28. The molecule has 22 heavy (non-hydrogen) atoms. The van der Waals surface area contributed by atoms with Crippen molar-refractivity contribution in [3.8, 4) is 5.75 Å². The molecule has 0 bridgehead atoms. The molecular formula is C17H23ClN2O2. The topological polar surface area (TPSA) is 55.6 Å². The highest BCUT2D eigenvalue weighted by Gasteiger charge is 2.31. The van der Waals surface area contributed by atoms with Crippen LogP contribution in [0.5, 0.6) is 5.75 Å². The molecule has 2 aliphatic rings. The Balaban J connectivity index is 0.00000176. The van der Waals surface area contributed by atoms with Crippen molar-refractivity contribution in [1.82, 2.24) is 4.90 Å². The molecule has 1 saturated heterocycles. The molecule has 0 radical (unpaired) electrons. The first kappa shape index (κ1) is 16.8. The number of fused-ring (bicyclic) bond motifs is 1. The van der Waals surface area contributed by atoms with Gasteiger partial charge in [-0.1, -0.05) is 18.2 Å². The summed E-state index contributed by atoms with van der Waals surface area (Å²) in [6.07, 6.45) is 5.15. The van der Waals surface area contributed by atoms with Crippen molar-refractivity contribution >= 4 is 24.4 Å². The van der Waals surface area contributed by atoms with Gasteiger partial charge in [0.2, 0.25) is 0 Å². The smallest absolute Gasteiger partial charge is 0.253 e. The summed E-state index contributed by atoms with van der Waals surface area (Å²) in [4.78, 5) is 14.7. The molecule has 0 aromatic heterocycles. The molecule has 5 heteroatoms. The molecule has 120 valence electrons. The first-order valence-corrected chi connectivity index (χ1v) is 7.66. The van der Waals surface area contributed by atoms with Gasteiger partial charge in [-0.25, -0.2) is 0 Å². The van der Waals surface area contributed by atoms with E-state index >= 15 is 0 Å². The van der Waals surface area contributed by atoms with Crippen LogP contribution in [0.25, 0.3) is 6.08 Å². The summed E-state index contributed by atoms with van der Waals surface area (Å²) >= 11 is 0. The second-order valence-electron chi connectivity index (χ2n) is 5.92. The lowest BCUT2D eigenvalue weighted by molar-refractivity contribution is -0.131. The van der Waals surface area contributed by atoms with E-state index in [4.69, 9.17) is 10.5 Å². The monoisotopic (exact) mass is 322 g/mol. The lowest BCUT2D eigenvalue weighted by Crippen LogP contribution is -2.52. The number of ether oxygens (including phenoxy) is 1. The van der Waals surface area contributed by atoms with Crippen molar-refractivity contribution in [1.29, 1.82) is 0 Å². The Morgan fingerprint density at radius 3 is 2.91 bits per heavy atom. The zero-order valence-corrected chi connectivity index (χ0v) is 13.6. The summed E-state index contributed by atoms with van der Waals surface area (Å²) in [6.45, 7) is 3.12. The molecule has 2 N–H and O–H groups in total. The van der Waals surface area contributed by atoms with Crippen LogP contribution in [0, 0.1) is 0 Å². The first-order valence-electron chi connectivity index (χ1n) is 7.66. The van der Waals surface area contributed by atoms with Crippen LogP contribution in [0.1, 0.15) is 31.7 Å². The van der Waals surface area contributed by atoms with Crippen molar-refractivity contribution in [3.63, 3.8) is 0 Å². The third-order valence-electron chi connectivity index (χ3n) is 4.32. The normalized spacial score (nSPS) is 21.8. The average Bonchev–Trinajstić information content (AvgIpc) is 2.53. The third kappa shape index (κ3) is 3.28. The van der Waals surface area contributed by atoms with E-state index < -0.39 is 0 Å². The van der Waals surface area contributed by atoms with E-state index in [1.54, 1.807) is 0 Å². The Kier molecular flexibility index (Phi) is 5.48. The summed E-state index contributed by atoms with van der Waals surface area (Å²) in [7, 11) is 0. The fourth-order valence-electron chi connectivity index (χ4n) is 3.18. The summed E-state index contributed by atoms with van der Waals surface area (Å²) < 4.78 is 5.70. The second-order valence-corrected chi connectivity index (χ2v) is 5.92. The molecule has 2 unspecified atom stereocenters. The molecule has 1 aromatic rings. The fourth-order valence-corrected chi connectivity index (χ4v) is 3.18.